The van der Waals surface area contributed by atoms with Crippen LogP contribution in [0, 0.1) is 11.8 Å². The van der Waals surface area contributed by atoms with Crippen molar-refractivity contribution in [3.63, 3.8) is 0 Å². The summed E-state index contributed by atoms with van der Waals surface area (Å²) in [6, 6.07) is 7.36. The second-order valence-electron chi connectivity index (χ2n) is 8.80. The lowest BCUT2D eigenvalue weighted by Gasteiger charge is -2.21. The molecule has 1 aromatic heterocycles. The van der Waals surface area contributed by atoms with Crippen LogP contribution in [0.25, 0.3) is 10.9 Å². The lowest BCUT2D eigenvalue weighted by Crippen LogP contribution is -2.25. The fourth-order valence-electron chi connectivity index (χ4n) is 5.04. The summed E-state index contributed by atoms with van der Waals surface area (Å²) < 4.78 is 7.21. The van der Waals surface area contributed by atoms with Gasteiger partial charge in [0, 0.05) is 81.1 Å². The predicted molar refractivity (Wildman–Crippen MR) is 132 cm³/mol. The van der Waals surface area contributed by atoms with Crippen molar-refractivity contribution < 1.29 is 9.53 Å². The number of hydrogen-bond donors (Lipinski definition) is 3. The van der Waals surface area contributed by atoms with Gasteiger partial charge in [0.05, 0.1) is 18.4 Å². The molecule has 2 fully saturated rings. The summed E-state index contributed by atoms with van der Waals surface area (Å²) in [4.78, 5) is 19.8. The minimum absolute atomic E-state index is 0.254. The van der Waals surface area contributed by atoms with Crippen LogP contribution in [-0.4, -0.2) is 62.2 Å². The Kier molecular flexibility index (Phi) is 5.41. The normalized spacial score (nSPS) is 20.0. The first kappa shape index (κ1) is 21.3. The third-order valence-electron chi connectivity index (χ3n) is 6.66. The topological polar surface area (TPSA) is 110 Å². The average Bonchev–Trinajstić information content (AvgIpc) is 3.49. The van der Waals surface area contributed by atoms with E-state index in [4.69, 9.17) is 10.5 Å². The lowest BCUT2D eigenvalue weighted by atomic mass is 10.0. The van der Waals surface area contributed by atoms with Crippen LogP contribution in [-0.2, 0) is 7.05 Å². The fraction of sp³-hybridized carbons (Fsp3) is 0.375. The van der Waals surface area contributed by atoms with Gasteiger partial charge in [-0.15, -0.1) is 0 Å². The first-order valence-electron chi connectivity index (χ1n) is 11.1. The molecule has 33 heavy (non-hydrogen) atoms. The summed E-state index contributed by atoms with van der Waals surface area (Å²) in [5.74, 6) is 1.59. The number of aryl methyl sites for hydroxylation is 1. The maximum absolute atomic E-state index is 13.3. The molecule has 2 atom stereocenters. The van der Waals surface area contributed by atoms with Gasteiger partial charge >= 0.3 is 0 Å². The van der Waals surface area contributed by atoms with E-state index in [2.05, 4.69) is 25.6 Å². The Balaban J connectivity index is 1.48. The number of carbonyl (C=O) groups excluding carboxylic acids is 1. The highest BCUT2D eigenvalue weighted by atomic mass is 16.5. The number of carbonyl (C=O) groups is 1. The number of amides is 1. The van der Waals surface area contributed by atoms with Crippen molar-refractivity contribution >= 4 is 40.1 Å². The molecule has 0 aliphatic carbocycles. The molecular weight excluding hydrogens is 418 g/mol. The van der Waals surface area contributed by atoms with Crippen molar-refractivity contribution in [1.82, 2.24) is 15.1 Å². The molecule has 1 amide bonds. The van der Waals surface area contributed by atoms with Crippen molar-refractivity contribution in [2.24, 2.45) is 23.9 Å². The molecule has 172 valence electrons. The molecule has 4 N–H and O–H groups in total. The molecule has 3 aromatic rings. The van der Waals surface area contributed by atoms with Gasteiger partial charge in [-0.25, -0.2) is 0 Å². The highest BCUT2D eigenvalue weighted by Crippen LogP contribution is 2.36. The number of anilines is 3. The molecule has 9 heteroatoms. The summed E-state index contributed by atoms with van der Waals surface area (Å²) in [7, 11) is 5.10. The first-order chi connectivity index (χ1) is 16.0. The van der Waals surface area contributed by atoms with E-state index >= 15 is 0 Å². The Hall–Kier alpha value is -3.59. The summed E-state index contributed by atoms with van der Waals surface area (Å²) in [5.41, 5.74) is 10.2. The van der Waals surface area contributed by atoms with E-state index < -0.39 is 0 Å². The number of aromatic nitrogens is 2. The van der Waals surface area contributed by atoms with Gasteiger partial charge in [-0.3, -0.25) is 14.5 Å². The third-order valence-corrected chi connectivity index (χ3v) is 6.66. The van der Waals surface area contributed by atoms with E-state index in [9.17, 15) is 4.79 Å². The number of aliphatic imine (C=N–C) groups is 1. The van der Waals surface area contributed by atoms with E-state index in [-0.39, 0.29) is 5.91 Å². The zero-order chi connectivity index (χ0) is 23.1. The highest BCUT2D eigenvalue weighted by Gasteiger charge is 2.37. The van der Waals surface area contributed by atoms with Crippen LogP contribution in [0.15, 0.2) is 35.5 Å². The van der Waals surface area contributed by atoms with Crippen molar-refractivity contribution in [3.8, 4) is 5.75 Å². The fourth-order valence-corrected chi connectivity index (χ4v) is 5.04. The zero-order valence-electron chi connectivity index (χ0n) is 19.1. The number of fused-ring (bicyclic) bond motifs is 2. The van der Waals surface area contributed by atoms with Gasteiger partial charge in [-0.05, 0) is 30.0 Å². The number of ether oxygens (including phenoxy) is 1. The van der Waals surface area contributed by atoms with Gasteiger partial charge in [0.15, 0.2) is 0 Å². The van der Waals surface area contributed by atoms with Gasteiger partial charge in [-0.2, -0.15) is 5.10 Å². The first-order valence-corrected chi connectivity index (χ1v) is 11.1. The van der Waals surface area contributed by atoms with Crippen molar-refractivity contribution in [3.05, 3.63) is 41.6 Å². The summed E-state index contributed by atoms with van der Waals surface area (Å²) in [5, 5.41) is 12.1. The zero-order valence-corrected chi connectivity index (χ0v) is 19.1. The number of benzene rings is 2. The molecule has 0 spiro atoms. The maximum atomic E-state index is 13.3. The highest BCUT2D eigenvalue weighted by molar-refractivity contribution is 6.14. The Morgan fingerprint density at radius 3 is 2.76 bits per heavy atom. The van der Waals surface area contributed by atoms with E-state index in [0.717, 1.165) is 37.3 Å². The number of nitrogen functional groups attached to an aromatic ring is 1. The van der Waals surface area contributed by atoms with E-state index in [1.807, 2.05) is 25.4 Å². The molecule has 0 saturated carbocycles. The van der Waals surface area contributed by atoms with Gasteiger partial charge in [0.1, 0.15) is 11.3 Å². The molecule has 5 rings (SSSR count). The lowest BCUT2D eigenvalue weighted by molar-refractivity contribution is 0.102. The number of hydrogen-bond acceptors (Lipinski definition) is 7. The van der Waals surface area contributed by atoms with Crippen LogP contribution < -0.4 is 26.0 Å². The molecule has 9 nitrogen and oxygen atoms in total. The molecule has 0 radical (unpaired) electrons. The van der Waals surface area contributed by atoms with Crippen LogP contribution in [0.3, 0.4) is 0 Å². The minimum atomic E-state index is -0.254. The molecular formula is C24H29N7O2. The molecule has 2 saturated heterocycles. The largest absolute Gasteiger partial charge is 0.494 e. The van der Waals surface area contributed by atoms with E-state index in [1.54, 1.807) is 37.2 Å². The van der Waals surface area contributed by atoms with Crippen molar-refractivity contribution in [1.29, 1.82) is 0 Å². The average molecular weight is 448 g/mol. The Morgan fingerprint density at radius 2 is 2.06 bits per heavy atom. The minimum Gasteiger partial charge on any atom is -0.494 e. The van der Waals surface area contributed by atoms with Crippen LogP contribution in [0.2, 0.25) is 0 Å². The molecule has 2 aromatic carbocycles. The van der Waals surface area contributed by atoms with Gasteiger partial charge in [0.2, 0.25) is 0 Å². The number of nitrogens with zero attached hydrogens (tertiary/aromatic N) is 4. The number of methoxy groups -OCH3 is 1. The predicted octanol–water partition coefficient (Wildman–Crippen LogP) is 2.12. The van der Waals surface area contributed by atoms with Crippen LogP contribution >= 0.6 is 0 Å². The monoisotopic (exact) mass is 447 g/mol. The second-order valence-corrected chi connectivity index (χ2v) is 8.80. The Bertz CT molecular complexity index is 1240. The summed E-state index contributed by atoms with van der Waals surface area (Å²) in [6.45, 7) is 4.20. The van der Waals surface area contributed by atoms with E-state index in [1.165, 1.54) is 0 Å². The molecule has 2 aliphatic rings. The summed E-state index contributed by atoms with van der Waals surface area (Å²) >= 11 is 0. The molecule has 0 bridgehead atoms. The second kappa shape index (κ2) is 8.40. The quantitative estimate of drug-likeness (QED) is 0.408. The molecule has 2 aliphatic heterocycles. The number of nitrogens with two attached hydrogens (primary N) is 1. The standard InChI is InChI=1S/C24H29N7O2/c1-26-8-14-6-20(22(33-3)7-19(14)25)28-24(32)17-4-5-21(18-13-30(2)29-23(17)18)31-11-15-9-27-10-16(15)12-31/h4-8,13,15-16,27H,9-12,25H2,1-3H3,(H,28,32). The Labute approximate surface area is 192 Å². The molecule has 2 unspecified atom stereocenters. The van der Waals surface area contributed by atoms with Crippen molar-refractivity contribution in [2.75, 3.05) is 56.3 Å². The van der Waals surface area contributed by atoms with Gasteiger partial charge < -0.3 is 26.0 Å². The van der Waals surface area contributed by atoms with Crippen LogP contribution in [0.5, 0.6) is 5.75 Å². The van der Waals surface area contributed by atoms with E-state index in [0.29, 0.717) is 45.6 Å². The van der Waals surface area contributed by atoms with Crippen LogP contribution in [0.1, 0.15) is 15.9 Å². The Morgan fingerprint density at radius 1 is 1.30 bits per heavy atom. The van der Waals surface area contributed by atoms with Crippen LogP contribution in [0.4, 0.5) is 17.1 Å². The van der Waals surface area contributed by atoms with Gasteiger partial charge in [-0.1, -0.05) is 0 Å². The SMILES string of the molecule is CN=Cc1cc(NC(=O)c2ccc(N3CC4CNCC4C3)c3cn(C)nc23)c(OC)cc1N. The number of rotatable bonds is 5. The molecule has 3 heterocycles. The smallest absolute Gasteiger partial charge is 0.258 e. The number of nitrogens with one attached hydrogen (secondary N) is 2. The summed E-state index contributed by atoms with van der Waals surface area (Å²) in [6.07, 6.45) is 3.64. The third kappa shape index (κ3) is 3.78. The van der Waals surface area contributed by atoms with Gasteiger partial charge in [0.25, 0.3) is 5.91 Å². The maximum Gasteiger partial charge on any atom is 0.258 e. The van der Waals surface area contributed by atoms with Crippen molar-refractivity contribution in [2.45, 2.75) is 0 Å².